The van der Waals surface area contributed by atoms with Gasteiger partial charge in [0.15, 0.2) is 0 Å². The van der Waals surface area contributed by atoms with E-state index in [4.69, 9.17) is 0 Å². The number of amides is 1. The van der Waals surface area contributed by atoms with Crippen LogP contribution in [0.4, 0.5) is 0 Å². The quantitative estimate of drug-likeness (QED) is 0.937. The smallest absolute Gasteiger partial charge is 0.272 e. The fourth-order valence-electron chi connectivity index (χ4n) is 3.61. The van der Waals surface area contributed by atoms with Crippen molar-refractivity contribution in [3.8, 4) is 0 Å². The first-order chi connectivity index (χ1) is 11.3. The molecule has 0 saturated carbocycles. The largest absolute Gasteiger partial charge is 0.390 e. The summed E-state index contributed by atoms with van der Waals surface area (Å²) in [6.07, 6.45) is 5.00. The molecule has 2 aromatic heterocycles. The first kappa shape index (κ1) is 16.9. The molecule has 0 unspecified atom stereocenters. The Kier molecular flexibility index (Phi) is 4.34. The summed E-state index contributed by atoms with van der Waals surface area (Å²) in [4.78, 5) is 23.5. The first-order valence-electron chi connectivity index (χ1n) is 8.61. The van der Waals surface area contributed by atoms with E-state index in [-0.39, 0.29) is 11.8 Å². The third-order valence-corrected chi connectivity index (χ3v) is 5.03. The Morgan fingerprint density at radius 2 is 2.25 bits per heavy atom. The number of rotatable bonds is 3. The molecule has 1 aliphatic rings. The van der Waals surface area contributed by atoms with Crippen LogP contribution in [0.15, 0.2) is 18.5 Å². The van der Waals surface area contributed by atoms with E-state index in [0.717, 1.165) is 6.42 Å². The predicted octanol–water partition coefficient (Wildman–Crippen LogP) is 2.30. The van der Waals surface area contributed by atoms with Crippen LogP contribution in [0.2, 0.25) is 0 Å². The van der Waals surface area contributed by atoms with Gasteiger partial charge in [-0.25, -0.2) is 9.97 Å². The van der Waals surface area contributed by atoms with Crippen molar-refractivity contribution >= 4 is 11.7 Å². The third kappa shape index (κ3) is 3.02. The van der Waals surface area contributed by atoms with Crippen LogP contribution in [0.5, 0.6) is 0 Å². The molecule has 0 aliphatic carbocycles. The zero-order chi connectivity index (χ0) is 17.5. The second kappa shape index (κ2) is 6.16. The van der Waals surface area contributed by atoms with E-state index in [0.29, 0.717) is 42.6 Å². The van der Waals surface area contributed by atoms with Gasteiger partial charge in [0.05, 0.1) is 11.3 Å². The fraction of sp³-hybridized carbons (Fsp3) is 0.611. The number of carbonyl (C=O) groups is 1. The number of hydrogen-bond acceptors (Lipinski definition) is 4. The molecule has 6 nitrogen and oxygen atoms in total. The molecule has 3 heterocycles. The van der Waals surface area contributed by atoms with Gasteiger partial charge in [-0.15, -0.1) is 0 Å². The maximum Gasteiger partial charge on any atom is 0.272 e. The summed E-state index contributed by atoms with van der Waals surface area (Å²) in [5.41, 5.74) is 0.552. The molecule has 1 N–H and O–H groups in total. The summed E-state index contributed by atoms with van der Waals surface area (Å²) in [7, 11) is 0. The number of aryl methyl sites for hydroxylation is 1. The van der Waals surface area contributed by atoms with Gasteiger partial charge in [0.25, 0.3) is 5.91 Å². The monoisotopic (exact) mass is 330 g/mol. The van der Waals surface area contributed by atoms with Gasteiger partial charge in [0.1, 0.15) is 5.69 Å². The second-order valence-corrected chi connectivity index (χ2v) is 7.52. The van der Waals surface area contributed by atoms with E-state index in [2.05, 4.69) is 23.8 Å². The number of carbonyl (C=O) groups excluding carboxylic acids is 1. The maximum atomic E-state index is 13.1. The summed E-state index contributed by atoms with van der Waals surface area (Å²) in [5, 5.41) is 10.7. The molecule has 0 radical (unpaired) electrons. The Bertz CT molecular complexity index is 751. The van der Waals surface area contributed by atoms with Crippen molar-refractivity contribution in [2.45, 2.75) is 46.1 Å². The number of likely N-dealkylation sites (tertiary alicyclic amines) is 1. The lowest BCUT2D eigenvalue weighted by molar-refractivity contribution is -0.0578. The van der Waals surface area contributed by atoms with Crippen molar-refractivity contribution in [2.24, 2.45) is 11.8 Å². The number of fused-ring (bicyclic) bond motifs is 1. The topological polar surface area (TPSA) is 70.7 Å². The van der Waals surface area contributed by atoms with E-state index in [9.17, 15) is 9.90 Å². The van der Waals surface area contributed by atoms with Gasteiger partial charge in [-0.1, -0.05) is 13.8 Å². The summed E-state index contributed by atoms with van der Waals surface area (Å²) < 4.78 is 1.75. The highest BCUT2D eigenvalue weighted by molar-refractivity contribution is 5.94. The van der Waals surface area contributed by atoms with Gasteiger partial charge in [-0.2, -0.15) is 0 Å². The molecular formula is C18H26N4O2. The fourth-order valence-corrected chi connectivity index (χ4v) is 3.61. The number of imidazole rings is 1. The number of nitrogens with zero attached hydrogens (tertiary/aromatic N) is 4. The summed E-state index contributed by atoms with van der Waals surface area (Å²) in [6, 6.07) is 1.80. The molecule has 0 bridgehead atoms. The van der Waals surface area contributed by atoms with Gasteiger partial charge in [0, 0.05) is 31.4 Å². The lowest BCUT2D eigenvalue weighted by Crippen LogP contribution is -2.52. The Hall–Kier alpha value is -1.95. The van der Waals surface area contributed by atoms with E-state index in [1.165, 1.54) is 0 Å². The molecule has 0 aromatic carbocycles. The van der Waals surface area contributed by atoms with E-state index in [1.807, 2.05) is 24.9 Å². The predicted molar refractivity (Wildman–Crippen MR) is 91.8 cm³/mol. The number of hydrogen-bond donors (Lipinski definition) is 1. The van der Waals surface area contributed by atoms with Crippen molar-refractivity contribution in [1.82, 2.24) is 19.3 Å². The van der Waals surface area contributed by atoms with Crippen LogP contribution in [-0.4, -0.2) is 49.0 Å². The van der Waals surface area contributed by atoms with Gasteiger partial charge in [-0.3, -0.25) is 9.20 Å². The highest BCUT2D eigenvalue weighted by atomic mass is 16.3. The van der Waals surface area contributed by atoms with Crippen molar-refractivity contribution in [1.29, 1.82) is 0 Å². The number of aliphatic hydroxyl groups is 1. The molecule has 6 heteroatoms. The normalized spacial score (nSPS) is 24.8. The standard InChI is InChI=1S/C18H26N4O2/c1-12(2)10-14-11-21(9-6-18(14,4)24)16(23)15-13(3)20-17-19-7-5-8-22(15)17/h5,7-8,12,14,24H,6,9-11H2,1-4H3/t14-,18+/m0/s1. The van der Waals surface area contributed by atoms with Crippen LogP contribution in [0.3, 0.4) is 0 Å². The third-order valence-electron chi connectivity index (χ3n) is 5.03. The number of aromatic nitrogens is 3. The molecule has 24 heavy (non-hydrogen) atoms. The Balaban J connectivity index is 1.88. The van der Waals surface area contributed by atoms with E-state index < -0.39 is 5.60 Å². The van der Waals surface area contributed by atoms with E-state index >= 15 is 0 Å². The minimum atomic E-state index is -0.711. The average molecular weight is 330 g/mol. The highest BCUT2D eigenvalue weighted by Gasteiger charge is 2.40. The molecule has 1 amide bonds. The van der Waals surface area contributed by atoms with Gasteiger partial charge in [-0.05, 0) is 38.7 Å². The van der Waals surface area contributed by atoms with Gasteiger partial charge < -0.3 is 10.0 Å². The molecule has 1 saturated heterocycles. The summed E-state index contributed by atoms with van der Waals surface area (Å²) >= 11 is 0. The van der Waals surface area contributed by atoms with Crippen LogP contribution < -0.4 is 0 Å². The molecule has 2 aromatic rings. The van der Waals surface area contributed by atoms with Gasteiger partial charge >= 0.3 is 0 Å². The zero-order valence-corrected chi connectivity index (χ0v) is 14.9. The molecule has 3 rings (SSSR count). The van der Waals surface area contributed by atoms with Crippen LogP contribution in [-0.2, 0) is 0 Å². The Morgan fingerprint density at radius 1 is 1.50 bits per heavy atom. The lowest BCUT2D eigenvalue weighted by atomic mass is 9.78. The summed E-state index contributed by atoms with van der Waals surface area (Å²) in [6.45, 7) is 9.18. The van der Waals surface area contributed by atoms with Gasteiger partial charge in [0.2, 0.25) is 5.78 Å². The molecule has 1 aliphatic heterocycles. The van der Waals surface area contributed by atoms with Crippen LogP contribution >= 0.6 is 0 Å². The molecular weight excluding hydrogens is 304 g/mol. The highest BCUT2D eigenvalue weighted by Crippen LogP contribution is 2.33. The minimum absolute atomic E-state index is 0.0303. The average Bonchev–Trinajstić information content (AvgIpc) is 2.84. The second-order valence-electron chi connectivity index (χ2n) is 7.52. The zero-order valence-electron chi connectivity index (χ0n) is 14.9. The summed E-state index contributed by atoms with van der Waals surface area (Å²) in [5.74, 6) is 1.09. The van der Waals surface area contributed by atoms with Crippen molar-refractivity contribution < 1.29 is 9.90 Å². The lowest BCUT2D eigenvalue weighted by Gasteiger charge is -2.43. The maximum absolute atomic E-state index is 13.1. The molecule has 2 atom stereocenters. The molecule has 130 valence electrons. The first-order valence-corrected chi connectivity index (χ1v) is 8.61. The van der Waals surface area contributed by atoms with Crippen molar-refractivity contribution in [2.75, 3.05) is 13.1 Å². The molecule has 0 spiro atoms. The Morgan fingerprint density at radius 3 is 2.96 bits per heavy atom. The number of piperidine rings is 1. The van der Waals surface area contributed by atoms with Crippen molar-refractivity contribution in [3.63, 3.8) is 0 Å². The van der Waals surface area contributed by atoms with Crippen LogP contribution in [0.25, 0.3) is 5.78 Å². The van der Waals surface area contributed by atoms with Crippen LogP contribution in [0.1, 0.15) is 49.8 Å². The SMILES string of the molecule is Cc1nc2ncccn2c1C(=O)N1CC[C@@](C)(O)[C@@H](CC(C)C)C1. The van der Waals surface area contributed by atoms with E-state index in [1.54, 1.807) is 16.7 Å². The van der Waals surface area contributed by atoms with Crippen LogP contribution in [0, 0.1) is 18.8 Å². The molecule has 1 fully saturated rings. The Labute approximate surface area is 142 Å². The minimum Gasteiger partial charge on any atom is -0.390 e. The van der Waals surface area contributed by atoms with Crippen molar-refractivity contribution in [3.05, 3.63) is 29.8 Å².